The van der Waals surface area contributed by atoms with Gasteiger partial charge in [-0.25, -0.2) is 0 Å². The quantitative estimate of drug-likeness (QED) is 0.925. The molecule has 1 saturated carbocycles. The lowest BCUT2D eigenvalue weighted by molar-refractivity contribution is -0.137. The minimum atomic E-state index is -4.41. The molecule has 1 aliphatic carbocycles. The van der Waals surface area contributed by atoms with Crippen LogP contribution in [0.2, 0.25) is 0 Å². The zero-order valence-corrected chi connectivity index (χ0v) is 13.2. The molecule has 0 bridgehead atoms. The second-order valence-corrected chi connectivity index (χ2v) is 6.15. The maximum atomic E-state index is 12.9. The molecule has 0 radical (unpaired) electrons. The van der Waals surface area contributed by atoms with Crippen molar-refractivity contribution >= 4 is 5.91 Å². The van der Waals surface area contributed by atoms with Gasteiger partial charge in [-0.15, -0.1) is 0 Å². The Morgan fingerprint density at radius 1 is 1.25 bits per heavy atom. The summed E-state index contributed by atoms with van der Waals surface area (Å²) >= 11 is 0. The zero-order valence-electron chi connectivity index (χ0n) is 13.2. The first-order valence-corrected chi connectivity index (χ1v) is 7.69. The number of rotatable bonds is 4. The van der Waals surface area contributed by atoms with Crippen LogP contribution in [0.1, 0.15) is 35.2 Å². The van der Waals surface area contributed by atoms with Crippen molar-refractivity contribution in [3.05, 3.63) is 65.0 Å². The number of aromatic nitrogens is 1. The second kappa shape index (κ2) is 5.92. The summed E-state index contributed by atoms with van der Waals surface area (Å²) in [6.07, 6.45) is -1.60. The fraction of sp³-hybridized carbons (Fsp3) is 0.333. The Kier molecular flexibility index (Phi) is 4.07. The number of hydrogen-bond acceptors (Lipinski definition) is 2. The highest BCUT2D eigenvalue weighted by Gasteiger charge is 2.51. The van der Waals surface area contributed by atoms with Crippen molar-refractivity contribution in [1.29, 1.82) is 0 Å². The molecular formula is C18H17F3N2O. The number of halogens is 3. The molecule has 0 unspecified atom stereocenters. The monoisotopic (exact) mass is 334 g/mol. The molecule has 24 heavy (non-hydrogen) atoms. The van der Waals surface area contributed by atoms with Crippen LogP contribution in [-0.4, -0.2) is 10.9 Å². The van der Waals surface area contributed by atoms with Crippen LogP contribution in [0, 0.1) is 6.92 Å². The van der Waals surface area contributed by atoms with E-state index in [0.29, 0.717) is 24.9 Å². The van der Waals surface area contributed by atoms with E-state index < -0.39 is 17.2 Å². The average molecular weight is 334 g/mol. The smallest absolute Gasteiger partial charge is 0.351 e. The summed E-state index contributed by atoms with van der Waals surface area (Å²) in [6, 6.07) is 8.77. The number of alkyl halides is 3. The van der Waals surface area contributed by atoms with Crippen molar-refractivity contribution in [1.82, 2.24) is 10.3 Å². The highest BCUT2D eigenvalue weighted by Crippen LogP contribution is 2.49. The van der Waals surface area contributed by atoms with Crippen LogP contribution in [0.25, 0.3) is 0 Å². The van der Waals surface area contributed by atoms with Crippen molar-refractivity contribution in [2.45, 2.75) is 37.9 Å². The molecule has 1 aromatic heterocycles. The first-order chi connectivity index (χ1) is 11.3. The predicted molar refractivity (Wildman–Crippen MR) is 83.2 cm³/mol. The Hall–Kier alpha value is -2.37. The van der Waals surface area contributed by atoms with Crippen LogP contribution < -0.4 is 5.32 Å². The average Bonchev–Trinajstić information content (AvgIpc) is 3.35. The molecule has 1 fully saturated rings. The van der Waals surface area contributed by atoms with Crippen molar-refractivity contribution in [2.24, 2.45) is 0 Å². The van der Waals surface area contributed by atoms with Gasteiger partial charge in [0.25, 0.3) is 0 Å². The van der Waals surface area contributed by atoms with E-state index in [1.54, 1.807) is 12.3 Å². The molecule has 1 aliphatic rings. The molecule has 1 amide bonds. The lowest BCUT2D eigenvalue weighted by Crippen LogP contribution is -2.34. The summed E-state index contributed by atoms with van der Waals surface area (Å²) in [5.74, 6) is -0.234. The van der Waals surface area contributed by atoms with Crippen LogP contribution in [0.3, 0.4) is 0 Å². The number of amides is 1. The molecule has 6 heteroatoms. The number of carbonyl (C=O) groups is 1. The van der Waals surface area contributed by atoms with E-state index in [4.69, 9.17) is 0 Å². The molecule has 2 aromatic rings. The molecule has 1 aromatic carbocycles. The second-order valence-electron chi connectivity index (χ2n) is 6.15. The standard InChI is InChI=1S/C18H17F3N2O/c1-12-5-6-13(10-22-12)11-23-16(24)17(7-8-17)14-3-2-4-15(9-14)18(19,20)21/h2-6,9-10H,7-8,11H2,1H3,(H,23,24). The number of nitrogens with zero attached hydrogens (tertiary/aromatic N) is 1. The van der Waals surface area contributed by atoms with E-state index in [2.05, 4.69) is 10.3 Å². The van der Waals surface area contributed by atoms with Crippen LogP contribution >= 0.6 is 0 Å². The Labute approximate surface area is 137 Å². The first-order valence-electron chi connectivity index (χ1n) is 7.69. The Balaban J connectivity index is 1.74. The summed E-state index contributed by atoms with van der Waals surface area (Å²) in [4.78, 5) is 16.7. The van der Waals surface area contributed by atoms with Crippen LogP contribution in [0.4, 0.5) is 13.2 Å². The van der Waals surface area contributed by atoms with Crippen molar-refractivity contribution in [3.8, 4) is 0 Å². The third-order valence-corrected chi connectivity index (χ3v) is 4.35. The van der Waals surface area contributed by atoms with E-state index in [1.165, 1.54) is 6.07 Å². The maximum Gasteiger partial charge on any atom is 0.416 e. The summed E-state index contributed by atoms with van der Waals surface area (Å²) in [5, 5.41) is 2.82. The normalized spacial score (nSPS) is 15.8. The Morgan fingerprint density at radius 2 is 2.00 bits per heavy atom. The van der Waals surface area contributed by atoms with Gasteiger partial charge in [0.2, 0.25) is 5.91 Å². The van der Waals surface area contributed by atoms with E-state index in [-0.39, 0.29) is 5.91 Å². The highest BCUT2D eigenvalue weighted by atomic mass is 19.4. The van der Waals surface area contributed by atoms with Gasteiger partial charge in [0.1, 0.15) is 0 Å². The molecular weight excluding hydrogens is 317 g/mol. The van der Waals surface area contributed by atoms with Gasteiger partial charge in [-0.1, -0.05) is 24.3 Å². The van der Waals surface area contributed by atoms with Gasteiger partial charge < -0.3 is 5.32 Å². The fourth-order valence-electron chi connectivity index (χ4n) is 2.72. The van der Waals surface area contributed by atoms with Crippen molar-refractivity contribution in [3.63, 3.8) is 0 Å². The summed E-state index contributed by atoms with van der Waals surface area (Å²) in [5.41, 5.74) is 0.611. The van der Waals surface area contributed by atoms with Gasteiger partial charge in [0.05, 0.1) is 11.0 Å². The van der Waals surface area contributed by atoms with Crippen LogP contribution in [0.15, 0.2) is 42.6 Å². The maximum absolute atomic E-state index is 12.9. The molecule has 1 N–H and O–H groups in total. The lowest BCUT2D eigenvalue weighted by atomic mass is 9.93. The predicted octanol–water partition coefficient (Wildman–Crippen LogP) is 3.76. The number of aryl methyl sites for hydroxylation is 1. The number of pyridine rings is 1. The van der Waals surface area contributed by atoms with E-state index >= 15 is 0 Å². The van der Waals surface area contributed by atoms with Crippen molar-refractivity contribution in [2.75, 3.05) is 0 Å². The first kappa shape index (κ1) is 16.5. The number of benzene rings is 1. The van der Waals surface area contributed by atoms with Gasteiger partial charge in [-0.3, -0.25) is 9.78 Å². The third-order valence-electron chi connectivity index (χ3n) is 4.35. The summed E-state index contributed by atoms with van der Waals surface area (Å²) in [6.45, 7) is 2.18. The molecule has 1 heterocycles. The van der Waals surface area contributed by atoms with Gasteiger partial charge in [0, 0.05) is 18.4 Å². The zero-order chi connectivity index (χ0) is 17.4. The van der Waals surface area contributed by atoms with Gasteiger partial charge >= 0.3 is 6.18 Å². The van der Waals surface area contributed by atoms with E-state index in [0.717, 1.165) is 23.4 Å². The molecule has 3 nitrogen and oxygen atoms in total. The number of nitrogens with one attached hydrogen (secondary N) is 1. The van der Waals surface area contributed by atoms with Crippen molar-refractivity contribution < 1.29 is 18.0 Å². The minimum absolute atomic E-state index is 0.234. The SMILES string of the molecule is Cc1ccc(CNC(=O)C2(c3cccc(C(F)(F)F)c3)CC2)cn1. The topological polar surface area (TPSA) is 42.0 Å². The summed E-state index contributed by atoms with van der Waals surface area (Å²) in [7, 11) is 0. The molecule has 0 spiro atoms. The van der Waals surface area contributed by atoms with E-state index in [9.17, 15) is 18.0 Å². The molecule has 0 aliphatic heterocycles. The lowest BCUT2D eigenvalue weighted by Gasteiger charge is -2.17. The third kappa shape index (κ3) is 3.27. The van der Waals surface area contributed by atoms with Gasteiger partial charge in [-0.2, -0.15) is 13.2 Å². The van der Waals surface area contributed by atoms with Gasteiger partial charge in [-0.05, 0) is 43.0 Å². The van der Waals surface area contributed by atoms with E-state index in [1.807, 2.05) is 19.1 Å². The summed E-state index contributed by atoms with van der Waals surface area (Å²) < 4.78 is 38.6. The highest BCUT2D eigenvalue weighted by molar-refractivity contribution is 5.91. The minimum Gasteiger partial charge on any atom is -0.351 e. The molecule has 3 rings (SSSR count). The molecule has 126 valence electrons. The fourth-order valence-corrected chi connectivity index (χ4v) is 2.72. The Morgan fingerprint density at radius 3 is 2.58 bits per heavy atom. The Bertz CT molecular complexity index is 750. The van der Waals surface area contributed by atoms with Crippen LogP contribution in [-0.2, 0) is 22.9 Å². The van der Waals surface area contributed by atoms with Crippen LogP contribution in [0.5, 0.6) is 0 Å². The molecule has 0 saturated heterocycles. The number of hydrogen-bond donors (Lipinski definition) is 1. The van der Waals surface area contributed by atoms with Gasteiger partial charge in [0.15, 0.2) is 0 Å². The number of carbonyl (C=O) groups excluding carboxylic acids is 1. The largest absolute Gasteiger partial charge is 0.416 e. The molecule has 0 atom stereocenters.